The van der Waals surface area contributed by atoms with Crippen LogP contribution in [0.5, 0.6) is 0 Å². The fourth-order valence-electron chi connectivity index (χ4n) is 2.81. The van der Waals surface area contributed by atoms with Gasteiger partial charge in [0.25, 0.3) is 0 Å². The van der Waals surface area contributed by atoms with Gasteiger partial charge < -0.3 is 10.0 Å². The molecule has 124 valence electrons. The van der Waals surface area contributed by atoms with Crippen molar-refractivity contribution in [3.8, 4) is 11.1 Å². The molecular weight excluding hydrogens is 329 g/mol. The van der Waals surface area contributed by atoms with E-state index in [2.05, 4.69) is 0 Å². The lowest BCUT2D eigenvalue weighted by Crippen LogP contribution is -2.30. The molecule has 0 spiro atoms. The summed E-state index contributed by atoms with van der Waals surface area (Å²) < 4.78 is 13.4. The van der Waals surface area contributed by atoms with Gasteiger partial charge in [0.05, 0.1) is 11.5 Å². The largest absolute Gasteiger partial charge is 0.481 e. The molecule has 0 atom stereocenters. The van der Waals surface area contributed by atoms with Crippen LogP contribution in [-0.4, -0.2) is 35.0 Å². The quantitative estimate of drug-likeness (QED) is 0.904. The van der Waals surface area contributed by atoms with Crippen molar-refractivity contribution < 1.29 is 19.1 Å². The van der Waals surface area contributed by atoms with Crippen LogP contribution in [0.1, 0.15) is 5.56 Å². The highest BCUT2D eigenvalue weighted by Crippen LogP contribution is 2.32. The summed E-state index contributed by atoms with van der Waals surface area (Å²) in [5, 5.41) is 8.64. The second-order valence-electron chi connectivity index (χ2n) is 5.54. The minimum atomic E-state index is -0.922. The second-order valence-corrected chi connectivity index (χ2v) is 6.52. The zero-order chi connectivity index (χ0) is 17.1. The number of hydrogen-bond acceptors (Lipinski definition) is 3. The van der Waals surface area contributed by atoms with Gasteiger partial charge in [-0.05, 0) is 47.4 Å². The van der Waals surface area contributed by atoms with Crippen LogP contribution in [0, 0.1) is 5.82 Å². The van der Waals surface area contributed by atoms with Gasteiger partial charge in [0.1, 0.15) is 5.82 Å². The lowest BCUT2D eigenvalue weighted by molar-refractivity contribution is -0.133. The van der Waals surface area contributed by atoms with Crippen molar-refractivity contribution in [2.75, 3.05) is 23.0 Å². The predicted octanol–water partition coefficient (Wildman–Crippen LogP) is 3.20. The van der Waals surface area contributed by atoms with Gasteiger partial charge in [0.15, 0.2) is 0 Å². The summed E-state index contributed by atoms with van der Waals surface area (Å²) in [7, 11) is 0. The molecule has 1 aliphatic rings. The molecule has 0 saturated carbocycles. The molecule has 1 heterocycles. The number of hydrogen-bond donors (Lipinski definition) is 1. The number of nitrogens with zero attached hydrogens (tertiary/aromatic N) is 1. The number of carboxylic acids is 1. The van der Waals surface area contributed by atoms with E-state index < -0.39 is 5.97 Å². The van der Waals surface area contributed by atoms with Gasteiger partial charge in [-0.15, -0.1) is 11.8 Å². The van der Waals surface area contributed by atoms with E-state index in [1.165, 1.54) is 12.1 Å². The third-order valence-electron chi connectivity index (χ3n) is 3.89. The van der Waals surface area contributed by atoms with Crippen molar-refractivity contribution in [3.63, 3.8) is 0 Å². The molecule has 0 fully saturated rings. The molecule has 2 aromatic rings. The topological polar surface area (TPSA) is 57.6 Å². The number of benzene rings is 2. The van der Waals surface area contributed by atoms with Gasteiger partial charge in [-0.2, -0.15) is 0 Å². The number of halogens is 1. The van der Waals surface area contributed by atoms with E-state index in [-0.39, 0.29) is 23.2 Å². The number of carbonyl (C=O) groups is 2. The Bertz CT molecular complexity index is 794. The fraction of sp³-hybridized carbons (Fsp3) is 0.222. The minimum Gasteiger partial charge on any atom is -0.481 e. The highest BCUT2D eigenvalue weighted by Gasteiger charge is 2.24. The van der Waals surface area contributed by atoms with E-state index >= 15 is 0 Å². The van der Waals surface area contributed by atoms with Crippen LogP contribution in [-0.2, 0) is 16.0 Å². The van der Waals surface area contributed by atoms with Crippen LogP contribution in [0.3, 0.4) is 0 Å². The number of carbonyl (C=O) groups excluding carboxylic acids is 1. The second kappa shape index (κ2) is 7.05. The number of aliphatic carboxylic acids is 1. The number of thioether (sulfide) groups is 1. The Morgan fingerprint density at radius 2 is 1.92 bits per heavy atom. The van der Waals surface area contributed by atoms with Crippen LogP contribution in [0.15, 0.2) is 42.5 Å². The van der Waals surface area contributed by atoms with E-state index in [9.17, 15) is 14.0 Å². The molecule has 24 heavy (non-hydrogen) atoms. The molecule has 1 amide bonds. The molecular formula is C18H16FNO3S. The molecule has 3 rings (SSSR count). The molecule has 2 aromatic carbocycles. The number of anilines is 1. The first-order chi connectivity index (χ1) is 11.5. The summed E-state index contributed by atoms with van der Waals surface area (Å²) in [5.74, 6) is -1.21. The molecule has 0 radical (unpaired) electrons. The number of rotatable bonds is 5. The fourth-order valence-corrected chi connectivity index (χ4v) is 3.42. The number of carboxylic acid groups (broad SMARTS) is 1. The maximum Gasteiger partial charge on any atom is 0.313 e. The Balaban J connectivity index is 1.76. The lowest BCUT2D eigenvalue weighted by atomic mass is 10.0. The first-order valence-electron chi connectivity index (χ1n) is 7.53. The minimum absolute atomic E-state index is 0.0784. The smallest absolute Gasteiger partial charge is 0.313 e. The Kier molecular flexibility index (Phi) is 4.85. The normalized spacial score (nSPS) is 13.0. The molecule has 0 bridgehead atoms. The first-order valence-corrected chi connectivity index (χ1v) is 8.69. The number of amides is 1. The summed E-state index contributed by atoms with van der Waals surface area (Å²) in [5.41, 5.74) is 3.63. The highest BCUT2D eigenvalue weighted by atomic mass is 32.2. The van der Waals surface area contributed by atoms with Gasteiger partial charge in [-0.25, -0.2) is 4.39 Å². The maximum absolute atomic E-state index is 13.4. The van der Waals surface area contributed by atoms with Gasteiger partial charge in [-0.3, -0.25) is 9.59 Å². The third-order valence-corrected chi connectivity index (χ3v) is 4.79. The molecule has 0 aliphatic carbocycles. The summed E-state index contributed by atoms with van der Waals surface area (Å²) >= 11 is 1.10. The first kappa shape index (κ1) is 16.5. The Morgan fingerprint density at radius 1 is 1.12 bits per heavy atom. The van der Waals surface area contributed by atoms with Crippen LogP contribution in [0.4, 0.5) is 10.1 Å². The summed E-state index contributed by atoms with van der Waals surface area (Å²) in [6, 6.07) is 12.2. The molecule has 1 N–H and O–H groups in total. The van der Waals surface area contributed by atoms with Crippen LogP contribution in [0.2, 0.25) is 0 Å². The van der Waals surface area contributed by atoms with Gasteiger partial charge in [0, 0.05) is 12.2 Å². The van der Waals surface area contributed by atoms with Crippen LogP contribution in [0.25, 0.3) is 11.1 Å². The monoisotopic (exact) mass is 345 g/mol. The third kappa shape index (κ3) is 3.59. The van der Waals surface area contributed by atoms with E-state index in [1.54, 1.807) is 11.0 Å². The molecule has 0 unspecified atom stereocenters. The Hall–Kier alpha value is -2.34. The van der Waals surface area contributed by atoms with E-state index in [1.807, 2.05) is 24.3 Å². The SMILES string of the molecule is O=C(O)CSCC(=O)N1CCc2cc(-c3cccc(F)c3)ccc21. The zero-order valence-electron chi connectivity index (χ0n) is 12.9. The van der Waals surface area contributed by atoms with E-state index in [4.69, 9.17) is 5.11 Å². The van der Waals surface area contributed by atoms with Crippen LogP contribution < -0.4 is 4.90 Å². The van der Waals surface area contributed by atoms with Crippen molar-refractivity contribution in [3.05, 3.63) is 53.8 Å². The molecule has 6 heteroatoms. The summed E-state index contributed by atoms with van der Waals surface area (Å²) in [4.78, 5) is 24.5. The Labute approximate surface area is 143 Å². The van der Waals surface area contributed by atoms with Crippen molar-refractivity contribution in [2.45, 2.75) is 6.42 Å². The predicted molar refractivity (Wildman–Crippen MR) is 92.9 cm³/mol. The van der Waals surface area contributed by atoms with Crippen molar-refractivity contribution in [2.24, 2.45) is 0 Å². The van der Waals surface area contributed by atoms with Crippen molar-refractivity contribution in [1.29, 1.82) is 0 Å². The summed E-state index contributed by atoms with van der Waals surface area (Å²) in [6.45, 7) is 0.592. The molecule has 0 saturated heterocycles. The van der Waals surface area contributed by atoms with Gasteiger partial charge in [0.2, 0.25) is 5.91 Å². The van der Waals surface area contributed by atoms with Crippen molar-refractivity contribution >= 4 is 29.3 Å². The average molecular weight is 345 g/mol. The standard InChI is InChI=1S/C18H16FNO3S/c19-15-3-1-2-12(9-15)13-4-5-16-14(8-13)6-7-20(16)17(21)10-24-11-18(22)23/h1-5,8-9H,6-7,10-11H2,(H,22,23). The maximum atomic E-state index is 13.4. The molecule has 0 aromatic heterocycles. The summed E-state index contributed by atoms with van der Waals surface area (Å²) in [6.07, 6.45) is 0.744. The lowest BCUT2D eigenvalue weighted by Gasteiger charge is -2.17. The van der Waals surface area contributed by atoms with Gasteiger partial charge >= 0.3 is 5.97 Å². The Morgan fingerprint density at radius 3 is 2.67 bits per heavy atom. The van der Waals surface area contributed by atoms with E-state index in [0.29, 0.717) is 6.54 Å². The molecule has 4 nitrogen and oxygen atoms in total. The average Bonchev–Trinajstić information content (AvgIpc) is 2.97. The van der Waals surface area contributed by atoms with Crippen molar-refractivity contribution in [1.82, 2.24) is 0 Å². The molecule has 1 aliphatic heterocycles. The number of fused-ring (bicyclic) bond motifs is 1. The zero-order valence-corrected chi connectivity index (χ0v) is 13.7. The van der Waals surface area contributed by atoms with Gasteiger partial charge in [-0.1, -0.05) is 18.2 Å². The highest BCUT2D eigenvalue weighted by molar-refractivity contribution is 8.00. The van der Waals surface area contributed by atoms with E-state index in [0.717, 1.165) is 40.6 Å². The van der Waals surface area contributed by atoms with Crippen LogP contribution >= 0.6 is 11.8 Å².